The molecule has 0 radical (unpaired) electrons. The van der Waals surface area contributed by atoms with Crippen molar-refractivity contribution < 1.29 is 47.7 Å². The summed E-state index contributed by atoms with van der Waals surface area (Å²) in [7, 11) is 0. The van der Waals surface area contributed by atoms with E-state index < -0.39 is 35.9 Å². The summed E-state index contributed by atoms with van der Waals surface area (Å²) in [6.45, 7) is 9.58. The first kappa shape index (κ1) is 33.9. The number of rotatable bonds is 16. The second-order valence-corrected chi connectivity index (χ2v) is 9.07. The van der Waals surface area contributed by atoms with E-state index in [1.54, 1.807) is 0 Å². The zero-order valence-corrected chi connectivity index (χ0v) is 23.1. The van der Waals surface area contributed by atoms with E-state index in [1.807, 2.05) is 0 Å². The molecular weight excluding hydrogens is 528 g/mol. The number of ether oxygens (including phenoxy) is 4. The molecule has 1 rings (SSSR count). The van der Waals surface area contributed by atoms with Crippen molar-refractivity contribution in [2.75, 3.05) is 39.5 Å². The molecular formula is C26H40N4O10. The number of carbonyl (C=O) groups is 6. The molecule has 1 fully saturated rings. The van der Waals surface area contributed by atoms with Crippen molar-refractivity contribution in [3.05, 3.63) is 24.3 Å². The third-order valence-electron chi connectivity index (χ3n) is 5.48. The van der Waals surface area contributed by atoms with Crippen LogP contribution in [0.2, 0.25) is 0 Å². The first-order valence-electron chi connectivity index (χ1n) is 13.0. The first-order valence-corrected chi connectivity index (χ1v) is 13.0. The van der Waals surface area contributed by atoms with Gasteiger partial charge in [-0.15, -0.1) is 0 Å². The molecule has 224 valence electrons. The molecule has 2 atom stereocenters. The summed E-state index contributed by atoms with van der Waals surface area (Å²) in [6.07, 6.45) is 2.93. The van der Waals surface area contributed by atoms with Gasteiger partial charge in [-0.25, -0.2) is 19.2 Å². The fourth-order valence-electron chi connectivity index (χ4n) is 3.44. The highest BCUT2D eigenvalue weighted by Gasteiger charge is 2.27. The lowest BCUT2D eigenvalue weighted by atomic mass is 9.90. The molecule has 1 aliphatic rings. The maximum Gasteiger partial charge on any atom is 0.333 e. The summed E-state index contributed by atoms with van der Waals surface area (Å²) < 4.78 is 19.5. The largest absolute Gasteiger partial charge is 0.462 e. The normalized spacial score (nSPS) is 15.9. The smallest absolute Gasteiger partial charge is 0.333 e. The summed E-state index contributed by atoms with van der Waals surface area (Å²) in [5, 5.41) is 10.8. The van der Waals surface area contributed by atoms with Crippen LogP contribution in [0, 0.1) is 0 Å². The van der Waals surface area contributed by atoms with Crippen molar-refractivity contribution in [3.63, 3.8) is 0 Å². The molecule has 0 bridgehead atoms. The molecule has 0 aromatic rings. The van der Waals surface area contributed by atoms with Crippen molar-refractivity contribution >= 4 is 35.9 Å². The summed E-state index contributed by atoms with van der Waals surface area (Å²) >= 11 is 0. The van der Waals surface area contributed by atoms with Gasteiger partial charge in [-0.05, 0) is 26.7 Å². The van der Waals surface area contributed by atoms with Crippen LogP contribution in [0.15, 0.2) is 24.3 Å². The van der Waals surface area contributed by atoms with Gasteiger partial charge >= 0.3 is 35.9 Å². The minimum absolute atomic E-state index is 0.0357. The molecule has 0 saturated heterocycles. The van der Waals surface area contributed by atoms with Crippen molar-refractivity contribution in [2.45, 2.75) is 64.5 Å². The number of carbonyl (C=O) groups excluding carboxylic acids is 6. The van der Waals surface area contributed by atoms with E-state index in [2.05, 4.69) is 34.4 Å². The second-order valence-electron chi connectivity index (χ2n) is 9.07. The number of nitrogens with one attached hydrogen (secondary N) is 4. The quantitative estimate of drug-likeness (QED) is 0.0905. The van der Waals surface area contributed by atoms with E-state index in [-0.39, 0.29) is 75.6 Å². The molecule has 14 heteroatoms. The highest BCUT2D eigenvalue weighted by atomic mass is 16.6. The maximum absolute atomic E-state index is 12.3. The van der Waals surface area contributed by atoms with Gasteiger partial charge in [0, 0.05) is 24.2 Å². The van der Waals surface area contributed by atoms with Gasteiger partial charge < -0.3 is 40.2 Å². The van der Waals surface area contributed by atoms with E-state index in [9.17, 15) is 28.8 Å². The van der Waals surface area contributed by atoms with Crippen molar-refractivity contribution in [2.24, 2.45) is 0 Å². The molecule has 4 amide bonds. The average molecular weight is 569 g/mol. The van der Waals surface area contributed by atoms with Crippen LogP contribution in [0.25, 0.3) is 0 Å². The molecule has 14 nitrogen and oxygen atoms in total. The molecule has 0 heterocycles. The Morgan fingerprint density at radius 2 is 0.975 bits per heavy atom. The average Bonchev–Trinajstić information content (AvgIpc) is 2.89. The summed E-state index contributed by atoms with van der Waals surface area (Å²) in [6, 6.07) is -1.61. The van der Waals surface area contributed by atoms with Crippen LogP contribution in [-0.4, -0.2) is 87.5 Å². The van der Waals surface area contributed by atoms with E-state index in [1.165, 1.54) is 13.8 Å². The fraction of sp³-hybridized carbons (Fsp3) is 0.615. The van der Waals surface area contributed by atoms with Crippen LogP contribution in [0.5, 0.6) is 0 Å². The van der Waals surface area contributed by atoms with Crippen LogP contribution in [0.4, 0.5) is 9.59 Å². The Hall–Kier alpha value is -4.10. The number of esters is 4. The van der Waals surface area contributed by atoms with Crippen molar-refractivity contribution in [3.8, 4) is 0 Å². The van der Waals surface area contributed by atoms with Crippen LogP contribution in [0.1, 0.15) is 52.4 Å². The Morgan fingerprint density at radius 3 is 1.32 bits per heavy atom. The van der Waals surface area contributed by atoms with Gasteiger partial charge in [0.05, 0.1) is 24.9 Å². The summed E-state index contributed by atoms with van der Waals surface area (Å²) in [4.78, 5) is 70.6. The van der Waals surface area contributed by atoms with Crippen LogP contribution in [0.3, 0.4) is 0 Å². The Kier molecular flexibility index (Phi) is 16.1. The highest BCUT2D eigenvalue weighted by Crippen LogP contribution is 2.18. The zero-order chi connectivity index (χ0) is 29.9. The van der Waals surface area contributed by atoms with Gasteiger partial charge in [0.1, 0.15) is 26.4 Å². The second kappa shape index (κ2) is 19.0. The molecule has 1 saturated carbocycles. The monoisotopic (exact) mass is 568 g/mol. The highest BCUT2D eigenvalue weighted by molar-refractivity contribution is 5.87. The Balaban J connectivity index is 2.24. The van der Waals surface area contributed by atoms with Gasteiger partial charge in [-0.1, -0.05) is 26.0 Å². The number of hydrogen-bond acceptors (Lipinski definition) is 10. The topological polar surface area (TPSA) is 187 Å². The summed E-state index contributed by atoms with van der Waals surface area (Å²) in [5.74, 6) is -2.26. The lowest BCUT2D eigenvalue weighted by molar-refractivity contribution is -0.150. The maximum atomic E-state index is 12.3. The Bertz CT molecular complexity index is 862. The third-order valence-corrected chi connectivity index (χ3v) is 5.48. The molecule has 40 heavy (non-hydrogen) atoms. The van der Waals surface area contributed by atoms with Crippen LogP contribution in [-0.2, 0) is 38.1 Å². The fourth-order valence-corrected chi connectivity index (χ4v) is 3.44. The number of urea groups is 2. The summed E-state index contributed by atoms with van der Waals surface area (Å²) in [5.41, 5.74) is 0.487. The van der Waals surface area contributed by atoms with Gasteiger partial charge in [0.15, 0.2) is 0 Å². The molecule has 0 spiro atoms. The molecule has 1 aliphatic carbocycles. The Labute approximate surface area is 233 Å². The number of amides is 4. The van der Waals surface area contributed by atoms with E-state index >= 15 is 0 Å². The first-order chi connectivity index (χ1) is 19.0. The van der Waals surface area contributed by atoms with Gasteiger partial charge in [0.2, 0.25) is 0 Å². The zero-order valence-electron chi connectivity index (χ0n) is 23.1. The number of hydrogen-bond donors (Lipinski definition) is 4. The molecule has 0 aromatic heterocycles. The molecule has 0 aliphatic heterocycles. The van der Waals surface area contributed by atoms with Crippen molar-refractivity contribution in [1.29, 1.82) is 0 Å². The molecule has 0 aromatic carbocycles. The van der Waals surface area contributed by atoms with E-state index in [0.29, 0.717) is 12.8 Å². The predicted octanol–water partition coefficient (Wildman–Crippen LogP) is 1.00. The van der Waals surface area contributed by atoms with Gasteiger partial charge in [-0.3, -0.25) is 9.59 Å². The predicted molar refractivity (Wildman–Crippen MR) is 142 cm³/mol. The lowest BCUT2D eigenvalue weighted by Crippen LogP contribution is -2.56. The van der Waals surface area contributed by atoms with Gasteiger partial charge in [-0.2, -0.15) is 0 Å². The Morgan fingerprint density at radius 1 is 0.625 bits per heavy atom. The minimum Gasteiger partial charge on any atom is -0.462 e. The standard InChI is InChI=1S/C26H40N4O10/c1-17(2)23(33)39-15-13-37-21(31)9-11-27-25(35)29-19-7-5-6-8-20(19)30-26(36)28-12-10-22(32)38-14-16-40-24(34)18(3)4/h19-20H,1,3,5-16H2,2,4H3,(H2,27,29,35)(H2,28,30,36)/t19-,20-/m1/s1. The van der Waals surface area contributed by atoms with E-state index in [4.69, 9.17) is 18.9 Å². The van der Waals surface area contributed by atoms with Crippen LogP contribution < -0.4 is 21.3 Å². The minimum atomic E-state index is -0.570. The van der Waals surface area contributed by atoms with Crippen LogP contribution >= 0.6 is 0 Å². The SMILES string of the molecule is C=C(C)C(=O)OCCOC(=O)CCNC(=O)N[C@@H]1CCCC[C@H]1NC(=O)NCCC(=O)OCCOC(=O)C(=C)C. The lowest BCUT2D eigenvalue weighted by Gasteiger charge is -2.32. The molecule has 0 unspecified atom stereocenters. The molecule has 4 N–H and O–H groups in total. The van der Waals surface area contributed by atoms with E-state index in [0.717, 1.165) is 12.8 Å². The van der Waals surface area contributed by atoms with Gasteiger partial charge in [0.25, 0.3) is 0 Å². The third kappa shape index (κ3) is 15.3. The van der Waals surface area contributed by atoms with Crippen molar-refractivity contribution in [1.82, 2.24) is 21.3 Å².